The molecule has 0 radical (unpaired) electrons. The van der Waals surface area contributed by atoms with Gasteiger partial charge in [-0.15, -0.1) is 0 Å². The average Bonchev–Trinajstić information content (AvgIpc) is 1.86. The van der Waals surface area contributed by atoms with E-state index in [0.29, 0.717) is 6.42 Å². The average molecular weight is 209 g/mol. The third-order valence-corrected chi connectivity index (χ3v) is 2.58. The molecule has 0 bridgehead atoms. The van der Waals surface area contributed by atoms with E-state index in [-0.39, 0.29) is 6.61 Å². The molecule has 1 nitrogen and oxygen atoms in total. The summed E-state index contributed by atoms with van der Waals surface area (Å²) in [6, 6.07) is 0. The SMILES string of the molecule is CCCCOP(Cl)C(F)(F)F. The van der Waals surface area contributed by atoms with Gasteiger partial charge in [-0.1, -0.05) is 24.6 Å². The van der Waals surface area contributed by atoms with E-state index in [1.165, 1.54) is 0 Å². The lowest BCUT2D eigenvalue weighted by Crippen LogP contribution is -2.03. The molecule has 0 saturated carbocycles. The van der Waals surface area contributed by atoms with Crippen LogP contribution in [0.5, 0.6) is 0 Å². The van der Waals surface area contributed by atoms with Crippen LogP contribution in [0.1, 0.15) is 19.8 Å². The summed E-state index contributed by atoms with van der Waals surface area (Å²) in [7, 11) is -2.76. The van der Waals surface area contributed by atoms with Crippen LogP contribution in [0.15, 0.2) is 0 Å². The smallest absolute Gasteiger partial charge is 0.337 e. The van der Waals surface area contributed by atoms with Gasteiger partial charge in [0.1, 0.15) is 0 Å². The van der Waals surface area contributed by atoms with E-state index >= 15 is 0 Å². The second kappa shape index (κ2) is 5.18. The van der Waals surface area contributed by atoms with Gasteiger partial charge in [0.05, 0.1) is 6.61 Å². The van der Waals surface area contributed by atoms with Crippen LogP contribution in [-0.2, 0) is 4.52 Å². The Bertz CT molecular complexity index is 108. The number of rotatable bonds is 4. The number of unbranched alkanes of at least 4 members (excludes halogenated alkanes) is 1. The van der Waals surface area contributed by atoms with Gasteiger partial charge in [-0.05, 0) is 6.42 Å². The van der Waals surface area contributed by atoms with E-state index in [1.807, 2.05) is 6.92 Å². The zero-order valence-electron chi connectivity index (χ0n) is 5.99. The summed E-state index contributed by atoms with van der Waals surface area (Å²) >= 11 is 4.91. The molecule has 0 spiro atoms. The molecule has 1 atom stereocenters. The first kappa shape index (κ1) is 11.5. The van der Waals surface area contributed by atoms with E-state index in [0.717, 1.165) is 6.42 Å². The lowest BCUT2D eigenvalue weighted by atomic mass is 10.4. The largest absolute Gasteiger partial charge is 0.445 e. The topological polar surface area (TPSA) is 9.23 Å². The number of halogens is 4. The van der Waals surface area contributed by atoms with Crippen LogP contribution < -0.4 is 0 Å². The third-order valence-electron chi connectivity index (χ3n) is 0.902. The van der Waals surface area contributed by atoms with Gasteiger partial charge in [-0.3, -0.25) is 0 Å². The first-order valence-electron chi connectivity index (χ1n) is 3.14. The van der Waals surface area contributed by atoms with Crippen LogP contribution in [0.2, 0.25) is 0 Å². The predicted octanol–water partition coefficient (Wildman–Crippen LogP) is 3.87. The Morgan fingerprint density at radius 3 is 2.36 bits per heavy atom. The van der Waals surface area contributed by atoms with Crippen molar-refractivity contribution in [1.29, 1.82) is 0 Å². The minimum Gasteiger partial charge on any atom is -0.337 e. The van der Waals surface area contributed by atoms with Crippen molar-refractivity contribution in [2.24, 2.45) is 0 Å². The highest BCUT2D eigenvalue weighted by Crippen LogP contribution is 2.58. The quantitative estimate of drug-likeness (QED) is 0.503. The molecular weight excluding hydrogens is 199 g/mol. The van der Waals surface area contributed by atoms with Gasteiger partial charge in [0.25, 0.3) is 0 Å². The second-order valence-corrected chi connectivity index (χ2v) is 4.08. The van der Waals surface area contributed by atoms with Gasteiger partial charge in [0.15, 0.2) is 0 Å². The fraction of sp³-hybridized carbons (Fsp3) is 1.00. The van der Waals surface area contributed by atoms with Crippen LogP contribution in [0.4, 0.5) is 13.2 Å². The zero-order chi connectivity index (χ0) is 8.91. The van der Waals surface area contributed by atoms with Crippen LogP contribution >= 0.6 is 18.7 Å². The molecule has 0 amide bonds. The zero-order valence-corrected chi connectivity index (χ0v) is 7.64. The molecule has 0 aliphatic heterocycles. The van der Waals surface area contributed by atoms with Crippen molar-refractivity contribution in [3.05, 3.63) is 0 Å². The van der Waals surface area contributed by atoms with E-state index in [1.54, 1.807) is 0 Å². The molecule has 0 aromatic heterocycles. The van der Waals surface area contributed by atoms with E-state index in [4.69, 9.17) is 11.2 Å². The lowest BCUT2D eigenvalue weighted by molar-refractivity contribution is -0.0472. The van der Waals surface area contributed by atoms with Crippen LogP contribution in [0.3, 0.4) is 0 Å². The van der Waals surface area contributed by atoms with Crippen molar-refractivity contribution in [2.45, 2.75) is 25.7 Å². The standard InChI is InChI=1S/C5H9ClF3OP/c1-2-3-4-10-11(6)5(7,8)9/h2-4H2,1H3. The number of alkyl halides is 3. The molecule has 0 rings (SSSR count). The highest BCUT2D eigenvalue weighted by molar-refractivity contribution is 7.80. The molecule has 0 saturated heterocycles. The van der Waals surface area contributed by atoms with Crippen LogP contribution in [0.25, 0.3) is 0 Å². The molecule has 1 unspecified atom stereocenters. The maximum atomic E-state index is 11.6. The summed E-state index contributed by atoms with van der Waals surface area (Å²) in [6.07, 6.45) is 1.42. The Morgan fingerprint density at radius 1 is 1.45 bits per heavy atom. The monoisotopic (exact) mass is 208 g/mol. The molecule has 11 heavy (non-hydrogen) atoms. The first-order valence-corrected chi connectivity index (χ1v) is 5.30. The molecule has 0 aliphatic rings. The molecule has 0 heterocycles. The van der Waals surface area contributed by atoms with Crippen molar-refractivity contribution >= 4 is 18.7 Å². The van der Waals surface area contributed by atoms with Crippen LogP contribution in [-0.4, -0.2) is 12.5 Å². The van der Waals surface area contributed by atoms with E-state index in [2.05, 4.69) is 4.52 Å². The van der Waals surface area contributed by atoms with E-state index < -0.39 is 13.4 Å². The summed E-state index contributed by atoms with van der Waals surface area (Å²) in [5.74, 6) is -4.38. The molecule has 0 aromatic carbocycles. The Labute approximate surface area is 69.5 Å². The normalized spacial score (nSPS) is 15.0. The Morgan fingerprint density at radius 2 is 2.00 bits per heavy atom. The van der Waals surface area contributed by atoms with Gasteiger partial charge < -0.3 is 4.52 Å². The summed E-state index contributed by atoms with van der Waals surface area (Å²) in [5.41, 5.74) is 0. The number of hydrogen-bond acceptors (Lipinski definition) is 1. The van der Waals surface area contributed by atoms with Crippen molar-refractivity contribution in [3.8, 4) is 0 Å². The van der Waals surface area contributed by atoms with Crippen LogP contribution in [0, 0.1) is 0 Å². The van der Waals surface area contributed by atoms with Gasteiger partial charge >= 0.3 is 5.92 Å². The highest BCUT2D eigenvalue weighted by atomic mass is 35.7. The van der Waals surface area contributed by atoms with Crippen molar-refractivity contribution in [2.75, 3.05) is 6.61 Å². The second-order valence-electron chi connectivity index (χ2n) is 1.90. The molecule has 0 aromatic rings. The van der Waals surface area contributed by atoms with Crippen molar-refractivity contribution in [3.63, 3.8) is 0 Å². The summed E-state index contributed by atoms with van der Waals surface area (Å²) in [4.78, 5) is 0. The maximum Gasteiger partial charge on any atom is 0.445 e. The number of hydrogen-bond donors (Lipinski definition) is 0. The Balaban J connectivity index is 3.44. The fourth-order valence-electron chi connectivity index (χ4n) is 0.362. The van der Waals surface area contributed by atoms with Crippen molar-refractivity contribution in [1.82, 2.24) is 0 Å². The molecule has 0 N–H and O–H groups in total. The molecule has 0 fully saturated rings. The van der Waals surface area contributed by atoms with Gasteiger partial charge in [-0.2, -0.15) is 13.2 Å². The molecule has 0 aliphatic carbocycles. The fourth-order valence-corrected chi connectivity index (χ4v) is 1.01. The summed E-state index contributed by atoms with van der Waals surface area (Å²) < 4.78 is 39.3. The van der Waals surface area contributed by atoms with Gasteiger partial charge in [0, 0.05) is 0 Å². The molecular formula is C5H9ClF3OP. The minimum absolute atomic E-state index is 0.0885. The summed E-state index contributed by atoms with van der Waals surface area (Å²) in [5, 5.41) is 0. The molecule has 68 valence electrons. The van der Waals surface area contributed by atoms with Crippen molar-refractivity contribution < 1.29 is 17.7 Å². The summed E-state index contributed by atoms with van der Waals surface area (Å²) in [6.45, 7) is 1.96. The lowest BCUT2D eigenvalue weighted by Gasteiger charge is -2.12. The molecule has 6 heteroatoms. The minimum atomic E-state index is -4.38. The van der Waals surface area contributed by atoms with E-state index in [9.17, 15) is 13.2 Å². The Kier molecular flexibility index (Phi) is 5.40. The maximum absolute atomic E-state index is 11.6. The predicted molar refractivity (Wildman–Crippen MR) is 39.7 cm³/mol. The van der Waals surface area contributed by atoms with Gasteiger partial charge in [-0.25, -0.2) is 0 Å². The first-order chi connectivity index (χ1) is 4.98. The third kappa shape index (κ3) is 5.71. The highest BCUT2D eigenvalue weighted by Gasteiger charge is 2.40. The Hall–Kier alpha value is 0.470. The van der Waals surface area contributed by atoms with Gasteiger partial charge in [0.2, 0.25) is 7.50 Å².